The van der Waals surface area contributed by atoms with E-state index >= 15 is 0 Å². The molecule has 0 unspecified atom stereocenters. The van der Waals surface area contributed by atoms with E-state index < -0.39 is 0 Å². The normalized spacial score (nSPS) is 24.6. The number of phenolic OH excluding ortho intramolecular Hbond substituents is 1. The molecular formula is C34H35NO5. The van der Waals surface area contributed by atoms with Crippen molar-refractivity contribution < 1.29 is 24.2 Å². The maximum atomic E-state index is 13.1. The second-order valence-electron chi connectivity index (χ2n) is 11.1. The Labute approximate surface area is 234 Å². The molecule has 40 heavy (non-hydrogen) atoms. The number of rotatable bonds is 8. The van der Waals surface area contributed by atoms with Gasteiger partial charge in [0.2, 0.25) is 11.8 Å². The third-order valence-corrected chi connectivity index (χ3v) is 8.86. The lowest BCUT2D eigenvalue weighted by atomic mass is 9.69. The van der Waals surface area contributed by atoms with Crippen molar-refractivity contribution in [2.24, 2.45) is 17.8 Å². The predicted octanol–water partition coefficient (Wildman–Crippen LogP) is 6.14. The van der Waals surface area contributed by atoms with Gasteiger partial charge in [0, 0.05) is 18.4 Å². The highest BCUT2D eigenvalue weighted by Crippen LogP contribution is 2.49. The number of aromatic hydroxyl groups is 1. The fraction of sp³-hybridized carbons (Fsp3) is 0.353. The van der Waals surface area contributed by atoms with Crippen molar-refractivity contribution in [1.29, 1.82) is 0 Å². The third-order valence-electron chi connectivity index (χ3n) is 8.86. The Bertz CT molecular complexity index is 1510. The summed E-state index contributed by atoms with van der Waals surface area (Å²) in [4.78, 5) is 27.4. The summed E-state index contributed by atoms with van der Waals surface area (Å²) in [6.07, 6.45) is 5.20. The van der Waals surface area contributed by atoms with Crippen molar-refractivity contribution in [3.05, 3.63) is 89.0 Å². The Morgan fingerprint density at radius 3 is 2.52 bits per heavy atom. The molecule has 6 nitrogen and oxygen atoms in total. The molecule has 6 heteroatoms. The molecule has 2 heterocycles. The first-order valence-corrected chi connectivity index (χ1v) is 14.2. The number of hydrogen-bond acceptors (Lipinski definition) is 5. The van der Waals surface area contributed by atoms with Crippen LogP contribution in [0.25, 0.3) is 16.8 Å². The van der Waals surface area contributed by atoms with Crippen LogP contribution >= 0.6 is 0 Å². The van der Waals surface area contributed by atoms with Crippen LogP contribution in [0.5, 0.6) is 11.5 Å². The van der Waals surface area contributed by atoms with Gasteiger partial charge in [-0.25, -0.2) is 0 Å². The maximum absolute atomic E-state index is 13.1. The third kappa shape index (κ3) is 4.71. The van der Waals surface area contributed by atoms with E-state index in [4.69, 9.17) is 9.47 Å². The Morgan fingerprint density at radius 1 is 1.00 bits per heavy atom. The second kappa shape index (κ2) is 10.9. The number of carbonyl (C=O) groups is 2. The first-order chi connectivity index (χ1) is 19.5. The van der Waals surface area contributed by atoms with E-state index in [-0.39, 0.29) is 41.4 Å². The minimum absolute atomic E-state index is 0.0851. The molecule has 2 saturated heterocycles. The van der Waals surface area contributed by atoms with Crippen molar-refractivity contribution in [1.82, 2.24) is 4.90 Å². The van der Waals surface area contributed by atoms with E-state index in [1.54, 1.807) is 13.1 Å². The zero-order valence-corrected chi connectivity index (χ0v) is 23.0. The van der Waals surface area contributed by atoms with Crippen molar-refractivity contribution in [3.8, 4) is 11.5 Å². The average Bonchev–Trinajstić information content (AvgIpc) is 3.50. The van der Waals surface area contributed by atoms with Gasteiger partial charge in [-0.3, -0.25) is 14.5 Å². The SMILES string of the molecule is CC/C(=C\c1ccc(O)c2ccccc12)CC[C@H]1OC[C@H]2C1=C(COc1ccccc1)C[C@H]1C(=O)N(C)C(=O)[C@H]12. The van der Waals surface area contributed by atoms with Crippen LogP contribution in [0.15, 0.2) is 83.4 Å². The number of fused-ring (bicyclic) bond motifs is 4. The molecular weight excluding hydrogens is 502 g/mol. The van der Waals surface area contributed by atoms with Crippen LogP contribution in [-0.2, 0) is 14.3 Å². The van der Waals surface area contributed by atoms with Crippen molar-refractivity contribution >= 4 is 28.7 Å². The number of allylic oxidation sites excluding steroid dienone is 1. The van der Waals surface area contributed by atoms with Gasteiger partial charge < -0.3 is 14.6 Å². The molecule has 0 radical (unpaired) electrons. The van der Waals surface area contributed by atoms with Gasteiger partial charge in [0.05, 0.1) is 24.5 Å². The van der Waals surface area contributed by atoms with E-state index in [1.165, 1.54) is 16.0 Å². The molecule has 206 valence electrons. The topological polar surface area (TPSA) is 76.1 Å². The van der Waals surface area contributed by atoms with Crippen LogP contribution in [0, 0.1) is 17.8 Å². The molecule has 1 N–H and O–H groups in total. The van der Waals surface area contributed by atoms with E-state index in [1.807, 2.05) is 60.7 Å². The summed E-state index contributed by atoms with van der Waals surface area (Å²) in [7, 11) is 1.60. The Balaban J connectivity index is 1.27. The summed E-state index contributed by atoms with van der Waals surface area (Å²) in [5.41, 5.74) is 4.65. The highest BCUT2D eigenvalue weighted by Gasteiger charge is 2.56. The number of carbonyl (C=O) groups excluding carboxylic acids is 2. The van der Waals surface area contributed by atoms with Crippen molar-refractivity contribution in [2.75, 3.05) is 20.3 Å². The second-order valence-corrected chi connectivity index (χ2v) is 11.1. The summed E-state index contributed by atoms with van der Waals surface area (Å²) in [5, 5.41) is 12.2. The fourth-order valence-electron chi connectivity index (χ4n) is 6.77. The molecule has 3 aliphatic rings. The lowest BCUT2D eigenvalue weighted by Gasteiger charge is -2.31. The number of para-hydroxylation sites is 1. The van der Waals surface area contributed by atoms with Gasteiger partial charge in [0.15, 0.2) is 0 Å². The molecule has 0 bridgehead atoms. The molecule has 0 saturated carbocycles. The summed E-state index contributed by atoms with van der Waals surface area (Å²) < 4.78 is 12.5. The van der Waals surface area contributed by atoms with Crippen LogP contribution in [0.1, 0.15) is 38.2 Å². The first-order valence-electron chi connectivity index (χ1n) is 14.2. The minimum Gasteiger partial charge on any atom is -0.507 e. The lowest BCUT2D eigenvalue weighted by molar-refractivity contribution is -0.138. The fourth-order valence-corrected chi connectivity index (χ4v) is 6.77. The zero-order chi connectivity index (χ0) is 27.8. The van der Waals surface area contributed by atoms with Gasteiger partial charge in [-0.05, 0) is 66.0 Å². The van der Waals surface area contributed by atoms with Crippen molar-refractivity contribution in [3.63, 3.8) is 0 Å². The number of imide groups is 1. The first kappa shape index (κ1) is 26.3. The maximum Gasteiger partial charge on any atom is 0.233 e. The quantitative estimate of drug-likeness (QED) is 0.276. The molecule has 6 rings (SSSR count). The van der Waals surface area contributed by atoms with E-state index in [0.717, 1.165) is 46.9 Å². The van der Waals surface area contributed by atoms with Crippen molar-refractivity contribution in [2.45, 2.75) is 38.7 Å². The number of phenols is 1. The molecule has 0 aromatic heterocycles. The number of hydrogen-bond donors (Lipinski definition) is 1. The van der Waals surface area contributed by atoms with Crippen LogP contribution in [0.3, 0.4) is 0 Å². The summed E-state index contributed by atoms with van der Waals surface area (Å²) in [5.74, 6) is 0.127. The molecule has 2 fully saturated rings. The van der Waals surface area contributed by atoms with Gasteiger partial charge in [-0.15, -0.1) is 0 Å². The molecule has 4 atom stereocenters. The zero-order valence-electron chi connectivity index (χ0n) is 23.0. The van der Waals surface area contributed by atoms with Crippen LogP contribution in [0.4, 0.5) is 0 Å². The van der Waals surface area contributed by atoms with Gasteiger partial charge in [-0.1, -0.05) is 67.1 Å². The number of ether oxygens (including phenoxy) is 2. The monoisotopic (exact) mass is 537 g/mol. The molecule has 2 amide bonds. The highest BCUT2D eigenvalue weighted by atomic mass is 16.5. The summed E-state index contributed by atoms with van der Waals surface area (Å²) in [6.45, 7) is 3.01. The number of amides is 2. The standard InChI is InChI=1S/C34H35NO5/c1-3-21(17-22-14-15-29(36)26-12-8-7-11-25(22)26)13-16-30-31-23(19-39-24-9-5-4-6-10-24)18-27-32(28(31)20-40-30)34(38)35(2)33(27)37/h4-12,14-15,17,27-28,30,32,36H,3,13,16,18-20H2,1-2H3/b21-17+/t27-,28+,30-,32-/m1/s1. The highest BCUT2D eigenvalue weighted by molar-refractivity contribution is 6.05. The molecule has 2 aliphatic heterocycles. The average molecular weight is 538 g/mol. The molecule has 1 aliphatic carbocycles. The van der Waals surface area contributed by atoms with Crippen LogP contribution in [0.2, 0.25) is 0 Å². The molecule has 0 spiro atoms. The summed E-state index contributed by atoms with van der Waals surface area (Å²) >= 11 is 0. The van der Waals surface area contributed by atoms with Gasteiger partial charge in [0.1, 0.15) is 18.1 Å². The van der Waals surface area contributed by atoms with Crippen LogP contribution in [-0.4, -0.2) is 48.2 Å². The Hall–Kier alpha value is -3.90. The number of likely N-dealkylation sites (tertiary alicyclic amines) is 1. The minimum atomic E-state index is -0.345. The predicted molar refractivity (Wildman–Crippen MR) is 155 cm³/mol. The molecule has 3 aromatic carbocycles. The van der Waals surface area contributed by atoms with E-state index in [2.05, 4.69) is 13.0 Å². The number of nitrogens with zero attached hydrogens (tertiary/aromatic N) is 1. The van der Waals surface area contributed by atoms with E-state index in [0.29, 0.717) is 19.6 Å². The van der Waals surface area contributed by atoms with Gasteiger partial charge in [0.25, 0.3) is 0 Å². The van der Waals surface area contributed by atoms with Gasteiger partial charge in [-0.2, -0.15) is 0 Å². The largest absolute Gasteiger partial charge is 0.507 e. The Morgan fingerprint density at radius 2 is 1.75 bits per heavy atom. The summed E-state index contributed by atoms with van der Waals surface area (Å²) in [6, 6.07) is 21.3. The van der Waals surface area contributed by atoms with E-state index in [9.17, 15) is 14.7 Å². The number of benzene rings is 3. The smallest absolute Gasteiger partial charge is 0.233 e. The van der Waals surface area contributed by atoms with Crippen LogP contribution < -0.4 is 4.74 Å². The Kier molecular flexibility index (Phi) is 7.20. The van der Waals surface area contributed by atoms with Gasteiger partial charge >= 0.3 is 0 Å². The lowest BCUT2D eigenvalue weighted by Crippen LogP contribution is -2.35. The molecule has 3 aromatic rings.